The fraction of sp³-hybridized carbons (Fsp3) is 0.231. The van der Waals surface area contributed by atoms with Crippen molar-refractivity contribution in [2.24, 2.45) is 0 Å². The van der Waals surface area contributed by atoms with Gasteiger partial charge in [0, 0.05) is 16.3 Å². The summed E-state index contributed by atoms with van der Waals surface area (Å²) in [6.45, 7) is 1.94. The van der Waals surface area contributed by atoms with Crippen molar-refractivity contribution in [2.45, 2.75) is 19.4 Å². The van der Waals surface area contributed by atoms with Crippen LogP contribution in [-0.4, -0.2) is 5.11 Å². The topological polar surface area (TPSA) is 20.2 Å². The Morgan fingerprint density at radius 2 is 2.18 bits per heavy atom. The first kappa shape index (κ1) is 12.6. The zero-order valence-electron chi connectivity index (χ0n) is 9.28. The van der Waals surface area contributed by atoms with Crippen LogP contribution >= 0.6 is 22.9 Å². The first-order valence-corrected chi connectivity index (χ1v) is 6.49. The van der Waals surface area contributed by atoms with E-state index in [-0.39, 0.29) is 12.2 Å². The number of hydrogen-bond donors (Lipinski definition) is 1. The van der Waals surface area contributed by atoms with E-state index in [1.165, 1.54) is 17.4 Å². The molecule has 2 rings (SSSR count). The first-order valence-electron chi connectivity index (χ1n) is 5.24. The Labute approximate surface area is 108 Å². The van der Waals surface area contributed by atoms with Gasteiger partial charge in [0.15, 0.2) is 0 Å². The summed E-state index contributed by atoms with van der Waals surface area (Å²) in [7, 11) is 0. The standard InChI is InChI=1S/C13H12ClFOS/c1-8-4-5-17-13(8)12(16)6-9-2-3-10(14)7-11(9)15/h2-5,7,12,16H,6H2,1H3. The van der Waals surface area contributed by atoms with E-state index in [9.17, 15) is 9.50 Å². The van der Waals surface area contributed by atoms with Gasteiger partial charge < -0.3 is 5.11 Å². The molecule has 4 heteroatoms. The Balaban J connectivity index is 2.19. The molecule has 90 valence electrons. The number of thiophene rings is 1. The van der Waals surface area contributed by atoms with E-state index >= 15 is 0 Å². The second kappa shape index (κ2) is 5.17. The Hall–Kier alpha value is -0.900. The van der Waals surface area contributed by atoms with Crippen LogP contribution in [0.15, 0.2) is 29.6 Å². The quantitative estimate of drug-likeness (QED) is 0.889. The lowest BCUT2D eigenvalue weighted by Gasteiger charge is -2.11. The third-order valence-electron chi connectivity index (χ3n) is 2.63. The van der Waals surface area contributed by atoms with Crippen molar-refractivity contribution in [3.63, 3.8) is 0 Å². The van der Waals surface area contributed by atoms with E-state index in [1.807, 2.05) is 18.4 Å². The van der Waals surface area contributed by atoms with E-state index in [0.29, 0.717) is 10.6 Å². The van der Waals surface area contributed by atoms with Crippen molar-refractivity contribution in [3.05, 3.63) is 56.5 Å². The molecular weight excluding hydrogens is 259 g/mol. The van der Waals surface area contributed by atoms with Crippen LogP contribution in [0.1, 0.15) is 22.1 Å². The number of aliphatic hydroxyl groups is 1. The number of halogens is 2. The van der Waals surface area contributed by atoms with E-state index in [1.54, 1.807) is 12.1 Å². The molecule has 1 nitrogen and oxygen atoms in total. The molecule has 2 aromatic rings. The molecule has 1 atom stereocenters. The molecule has 0 spiro atoms. The fourth-order valence-corrected chi connectivity index (χ4v) is 2.79. The number of aliphatic hydroxyl groups excluding tert-OH is 1. The maximum Gasteiger partial charge on any atom is 0.127 e. The molecule has 1 unspecified atom stereocenters. The SMILES string of the molecule is Cc1ccsc1C(O)Cc1ccc(Cl)cc1F. The van der Waals surface area contributed by atoms with Crippen LogP contribution in [0.3, 0.4) is 0 Å². The highest BCUT2D eigenvalue weighted by molar-refractivity contribution is 7.10. The van der Waals surface area contributed by atoms with Gasteiger partial charge in [0.1, 0.15) is 5.82 Å². The number of benzene rings is 1. The predicted molar refractivity (Wildman–Crippen MR) is 69.1 cm³/mol. The third-order valence-corrected chi connectivity index (χ3v) is 3.99. The Morgan fingerprint density at radius 3 is 2.76 bits per heavy atom. The Bertz CT molecular complexity index is 524. The monoisotopic (exact) mass is 270 g/mol. The highest BCUT2D eigenvalue weighted by atomic mass is 35.5. The molecule has 17 heavy (non-hydrogen) atoms. The summed E-state index contributed by atoms with van der Waals surface area (Å²) >= 11 is 7.17. The molecule has 0 aliphatic heterocycles. The van der Waals surface area contributed by atoms with Crippen molar-refractivity contribution < 1.29 is 9.50 Å². The minimum Gasteiger partial charge on any atom is -0.387 e. The molecule has 0 saturated carbocycles. The lowest BCUT2D eigenvalue weighted by atomic mass is 10.0. The Kier molecular flexibility index (Phi) is 3.82. The van der Waals surface area contributed by atoms with Gasteiger partial charge in [-0.3, -0.25) is 0 Å². The summed E-state index contributed by atoms with van der Waals surface area (Å²) in [5.41, 5.74) is 1.52. The van der Waals surface area contributed by atoms with Gasteiger partial charge in [-0.2, -0.15) is 0 Å². The normalized spacial score (nSPS) is 12.7. The average Bonchev–Trinajstić information content (AvgIpc) is 2.68. The van der Waals surface area contributed by atoms with E-state index in [2.05, 4.69) is 0 Å². The van der Waals surface area contributed by atoms with Crippen LogP contribution < -0.4 is 0 Å². The molecule has 0 saturated heterocycles. The molecule has 1 N–H and O–H groups in total. The molecule has 1 heterocycles. The van der Waals surface area contributed by atoms with E-state index in [4.69, 9.17) is 11.6 Å². The maximum atomic E-state index is 13.6. The van der Waals surface area contributed by atoms with Gasteiger partial charge in [0.05, 0.1) is 6.10 Å². The maximum absolute atomic E-state index is 13.6. The van der Waals surface area contributed by atoms with Crippen LogP contribution in [0.25, 0.3) is 0 Å². The molecule has 0 radical (unpaired) electrons. The molecular formula is C13H12ClFOS. The lowest BCUT2D eigenvalue weighted by molar-refractivity contribution is 0.180. The minimum absolute atomic E-state index is 0.268. The van der Waals surface area contributed by atoms with Crippen LogP contribution in [0.2, 0.25) is 5.02 Å². The molecule has 0 amide bonds. The third kappa shape index (κ3) is 2.86. The predicted octanol–water partition coefficient (Wildman–Crippen LogP) is 4.13. The average molecular weight is 271 g/mol. The summed E-state index contributed by atoms with van der Waals surface area (Å²) < 4.78 is 13.6. The molecule has 0 aliphatic rings. The molecule has 1 aromatic carbocycles. The van der Waals surface area contributed by atoms with Crippen molar-refractivity contribution >= 4 is 22.9 Å². The van der Waals surface area contributed by atoms with Gasteiger partial charge in [0.2, 0.25) is 0 Å². The summed E-state index contributed by atoms with van der Waals surface area (Å²) in [5.74, 6) is -0.370. The van der Waals surface area contributed by atoms with Crippen molar-refractivity contribution in [2.75, 3.05) is 0 Å². The molecule has 0 bridgehead atoms. The van der Waals surface area contributed by atoms with Gasteiger partial charge >= 0.3 is 0 Å². The number of hydrogen-bond acceptors (Lipinski definition) is 2. The van der Waals surface area contributed by atoms with Crippen LogP contribution in [0.5, 0.6) is 0 Å². The number of aryl methyl sites for hydroxylation is 1. The van der Waals surface area contributed by atoms with E-state index < -0.39 is 6.10 Å². The Morgan fingerprint density at radius 1 is 1.41 bits per heavy atom. The largest absolute Gasteiger partial charge is 0.387 e. The van der Waals surface area contributed by atoms with Gasteiger partial charge in [-0.1, -0.05) is 17.7 Å². The van der Waals surface area contributed by atoms with Crippen molar-refractivity contribution in [1.29, 1.82) is 0 Å². The van der Waals surface area contributed by atoms with Crippen LogP contribution in [-0.2, 0) is 6.42 Å². The van der Waals surface area contributed by atoms with Gasteiger partial charge in [-0.25, -0.2) is 4.39 Å². The van der Waals surface area contributed by atoms with Crippen molar-refractivity contribution in [3.8, 4) is 0 Å². The highest BCUT2D eigenvalue weighted by Crippen LogP contribution is 2.27. The van der Waals surface area contributed by atoms with Crippen LogP contribution in [0.4, 0.5) is 4.39 Å². The smallest absolute Gasteiger partial charge is 0.127 e. The first-order chi connectivity index (χ1) is 8.08. The van der Waals surface area contributed by atoms with Gasteiger partial charge in [0.25, 0.3) is 0 Å². The second-order valence-corrected chi connectivity index (χ2v) is 5.31. The summed E-state index contributed by atoms with van der Waals surface area (Å²) in [5, 5.41) is 12.3. The zero-order chi connectivity index (χ0) is 12.4. The summed E-state index contributed by atoms with van der Waals surface area (Å²) in [6.07, 6.45) is -0.393. The van der Waals surface area contributed by atoms with E-state index in [0.717, 1.165) is 10.4 Å². The highest BCUT2D eigenvalue weighted by Gasteiger charge is 2.14. The summed E-state index contributed by atoms with van der Waals surface area (Å²) in [4.78, 5) is 0.888. The van der Waals surface area contributed by atoms with Gasteiger partial charge in [-0.15, -0.1) is 11.3 Å². The summed E-state index contributed by atoms with van der Waals surface area (Å²) in [6, 6.07) is 6.46. The zero-order valence-corrected chi connectivity index (χ0v) is 10.9. The molecule has 1 aromatic heterocycles. The lowest BCUT2D eigenvalue weighted by Crippen LogP contribution is -2.03. The minimum atomic E-state index is -0.661. The molecule has 0 fully saturated rings. The second-order valence-electron chi connectivity index (χ2n) is 3.92. The van der Waals surface area contributed by atoms with Crippen molar-refractivity contribution in [1.82, 2.24) is 0 Å². The van der Waals surface area contributed by atoms with Gasteiger partial charge in [-0.05, 0) is 41.6 Å². The van der Waals surface area contributed by atoms with Crippen LogP contribution in [0, 0.1) is 12.7 Å². The molecule has 0 aliphatic carbocycles. The fourth-order valence-electron chi connectivity index (χ4n) is 1.71. The number of rotatable bonds is 3.